The molecule has 0 saturated carbocycles. The minimum atomic E-state index is 0.571. The highest BCUT2D eigenvalue weighted by Crippen LogP contribution is 2.13. The van der Waals surface area contributed by atoms with Gasteiger partial charge in [0.05, 0.1) is 6.04 Å². The quantitative estimate of drug-likeness (QED) is 0.760. The molecule has 4 nitrogen and oxygen atoms in total. The molecular weight excluding hydrogens is 176 g/mol. The summed E-state index contributed by atoms with van der Waals surface area (Å²) in [6, 6.07) is 2.50. The Morgan fingerprint density at radius 2 is 2.36 bits per heavy atom. The van der Waals surface area contributed by atoms with Crippen molar-refractivity contribution in [1.29, 1.82) is 0 Å². The lowest BCUT2D eigenvalue weighted by Crippen LogP contribution is -2.57. The molecule has 1 aromatic rings. The van der Waals surface area contributed by atoms with E-state index in [2.05, 4.69) is 27.1 Å². The van der Waals surface area contributed by atoms with Gasteiger partial charge in [0.15, 0.2) is 0 Å². The van der Waals surface area contributed by atoms with E-state index in [1.54, 1.807) is 0 Å². The van der Waals surface area contributed by atoms with Gasteiger partial charge in [-0.05, 0) is 19.9 Å². The van der Waals surface area contributed by atoms with Crippen LogP contribution >= 0.6 is 0 Å². The highest BCUT2D eigenvalue weighted by atomic mass is 15.3. The van der Waals surface area contributed by atoms with Crippen molar-refractivity contribution >= 4 is 5.95 Å². The number of rotatable bonds is 3. The highest BCUT2D eigenvalue weighted by molar-refractivity contribution is 5.33. The Bertz CT molecular complexity index is 309. The van der Waals surface area contributed by atoms with Crippen molar-refractivity contribution in [2.24, 2.45) is 0 Å². The highest BCUT2D eigenvalue weighted by Gasteiger charge is 2.24. The largest absolute Gasteiger partial charge is 0.336 e. The third-order valence-corrected chi connectivity index (χ3v) is 2.58. The first-order valence-corrected chi connectivity index (χ1v) is 5.08. The van der Waals surface area contributed by atoms with Crippen LogP contribution in [0.1, 0.15) is 12.6 Å². The predicted molar refractivity (Wildman–Crippen MR) is 56.4 cm³/mol. The summed E-state index contributed by atoms with van der Waals surface area (Å²) in [6.45, 7) is 7.20. The summed E-state index contributed by atoms with van der Waals surface area (Å²) in [6.07, 6.45) is 1.83. The van der Waals surface area contributed by atoms with Gasteiger partial charge in [0.25, 0.3) is 0 Å². The lowest BCUT2D eigenvalue weighted by Gasteiger charge is -2.37. The molecule has 0 aromatic carbocycles. The van der Waals surface area contributed by atoms with Crippen LogP contribution in [0.2, 0.25) is 0 Å². The van der Waals surface area contributed by atoms with E-state index >= 15 is 0 Å². The van der Waals surface area contributed by atoms with Crippen molar-refractivity contribution in [2.75, 3.05) is 24.5 Å². The van der Waals surface area contributed by atoms with E-state index in [1.165, 1.54) is 0 Å². The first kappa shape index (κ1) is 9.40. The molecule has 1 N–H and O–H groups in total. The normalized spacial score (nSPS) is 16.4. The van der Waals surface area contributed by atoms with Crippen LogP contribution in [0.25, 0.3) is 0 Å². The van der Waals surface area contributed by atoms with Gasteiger partial charge in [0, 0.05) is 31.5 Å². The molecule has 1 aliphatic rings. The van der Waals surface area contributed by atoms with Crippen LogP contribution in [-0.2, 0) is 0 Å². The van der Waals surface area contributed by atoms with E-state index in [-0.39, 0.29) is 0 Å². The predicted octanol–water partition coefficient (Wildman–Crippen LogP) is 0.583. The van der Waals surface area contributed by atoms with Crippen molar-refractivity contribution in [3.8, 4) is 0 Å². The number of aromatic nitrogens is 2. The van der Waals surface area contributed by atoms with Crippen molar-refractivity contribution in [3.63, 3.8) is 0 Å². The molecular formula is C10H16N4. The van der Waals surface area contributed by atoms with Crippen molar-refractivity contribution in [2.45, 2.75) is 19.9 Å². The van der Waals surface area contributed by atoms with Crippen LogP contribution < -0.4 is 10.2 Å². The second-order valence-electron chi connectivity index (χ2n) is 3.60. The molecule has 0 unspecified atom stereocenters. The number of nitrogens with one attached hydrogen (secondary N) is 1. The van der Waals surface area contributed by atoms with Gasteiger partial charge < -0.3 is 10.2 Å². The number of nitrogens with zero attached hydrogens (tertiary/aromatic N) is 3. The van der Waals surface area contributed by atoms with Gasteiger partial charge in [-0.15, -0.1) is 0 Å². The Morgan fingerprint density at radius 3 is 2.86 bits per heavy atom. The lowest BCUT2D eigenvalue weighted by atomic mass is 10.1. The maximum Gasteiger partial charge on any atom is 0.225 e. The van der Waals surface area contributed by atoms with E-state index < -0.39 is 0 Å². The van der Waals surface area contributed by atoms with Gasteiger partial charge in [0.2, 0.25) is 5.95 Å². The molecule has 1 aliphatic heterocycles. The maximum atomic E-state index is 4.43. The molecule has 2 heterocycles. The van der Waals surface area contributed by atoms with Crippen molar-refractivity contribution < 1.29 is 0 Å². The topological polar surface area (TPSA) is 41.1 Å². The first-order valence-electron chi connectivity index (χ1n) is 5.08. The van der Waals surface area contributed by atoms with Gasteiger partial charge >= 0.3 is 0 Å². The number of aryl methyl sites for hydroxylation is 1. The molecule has 0 spiro atoms. The van der Waals surface area contributed by atoms with Crippen LogP contribution in [0, 0.1) is 6.92 Å². The lowest BCUT2D eigenvalue weighted by molar-refractivity contribution is 0.412. The van der Waals surface area contributed by atoms with Crippen LogP contribution in [0.5, 0.6) is 0 Å². The molecule has 2 rings (SSSR count). The number of hydrogen-bond acceptors (Lipinski definition) is 4. The number of hydrogen-bond donors (Lipinski definition) is 1. The summed E-state index contributed by atoms with van der Waals surface area (Å²) in [5.74, 6) is 0.860. The van der Waals surface area contributed by atoms with Gasteiger partial charge in [-0.25, -0.2) is 9.97 Å². The average Bonchev–Trinajstić information content (AvgIpc) is 2.10. The zero-order chi connectivity index (χ0) is 9.97. The number of likely N-dealkylation sites (N-methyl/N-ethyl adjacent to an activating group) is 1. The van der Waals surface area contributed by atoms with E-state index in [0.717, 1.165) is 31.3 Å². The average molecular weight is 192 g/mol. The fourth-order valence-corrected chi connectivity index (χ4v) is 1.63. The Labute approximate surface area is 84.4 Å². The van der Waals surface area contributed by atoms with Gasteiger partial charge in [-0.2, -0.15) is 0 Å². The molecule has 4 heteroatoms. The SMILES string of the molecule is CCN(c1nccc(C)n1)C1CNC1. The van der Waals surface area contributed by atoms with Crippen LogP contribution in [-0.4, -0.2) is 35.6 Å². The minimum absolute atomic E-state index is 0.571. The van der Waals surface area contributed by atoms with Crippen molar-refractivity contribution in [1.82, 2.24) is 15.3 Å². The van der Waals surface area contributed by atoms with E-state index in [9.17, 15) is 0 Å². The second kappa shape index (κ2) is 3.92. The summed E-state index contributed by atoms with van der Waals surface area (Å²) in [5, 5.41) is 3.26. The summed E-state index contributed by atoms with van der Waals surface area (Å²) >= 11 is 0. The van der Waals surface area contributed by atoms with E-state index in [0.29, 0.717) is 6.04 Å². The maximum absolute atomic E-state index is 4.43. The molecule has 0 atom stereocenters. The Kier molecular flexibility index (Phi) is 2.63. The van der Waals surface area contributed by atoms with Crippen molar-refractivity contribution in [3.05, 3.63) is 18.0 Å². The van der Waals surface area contributed by atoms with Gasteiger partial charge in [-0.1, -0.05) is 0 Å². The molecule has 1 aromatic heterocycles. The van der Waals surface area contributed by atoms with Gasteiger partial charge in [0.1, 0.15) is 0 Å². The molecule has 0 aliphatic carbocycles. The summed E-state index contributed by atoms with van der Waals surface area (Å²) in [7, 11) is 0. The fourth-order valence-electron chi connectivity index (χ4n) is 1.63. The standard InChI is InChI=1S/C10H16N4/c1-3-14(9-6-11-7-9)10-12-5-4-8(2)13-10/h4-5,9,11H,3,6-7H2,1-2H3. The Hall–Kier alpha value is -1.16. The molecule has 0 amide bonds. The minimum Gasteiger partial charge on any atom is -0.336 e. The smallest absolute Gasteiger partial charge is 0.225 e. The number of anilines is 1. The van der Waals surface area contributed by atoms with E-state index in [4.69, 9.17) is 0 Å². The Morgan fingerprint density at radius 1 is 1.57 bits per heavy atom. The Balaban J connectivity index is 2.17. The summed E-state index contributed by atoms with van der Waals surface area (Å²) < 4.78 is 0. The first-order chi connectivity index (χ1) is 6.81. The zero-order valence-corrected chi connectivity index (χ0v) is 8.70. The second-order valence-corrected chi connectivity index (χ2v) is 3.60. The third kappa shape index (κ3) is 1.70. The zero-order valence-electron chi connectivity index (χ0n) is 8.70. The third-order valence-electron chi connectivity index (χ3n) is 2.58. The summed E-state index contributed by atoms with van der Waals surface area (Å²) in [4.78, 5) is 11.0. The van der Waals surface area contributed by atoms with E-state index in [1.807, 2.05) is 19.2 Å². The molecule has 14 heavy (non-hydrogen) atoms. The van der Waals surface area contributed by atoms with Crippen LogP contribution in [0.4, 0.5) is 5.95 Å². The molecule has 1 fully saturated rings. The molecule has 76 valence electrons. The van der Waals surface area contributed by atoms with Gasteiger partial charge in [-0.3, -0.25) is 0 Å². The monoisotopic (exact) mass is 192 g/mol. The summed E-state index contributed by atoms with van der Waals surface area (Å²) in [5.41, 5.74) is 1.03. The molecule has 0 bridgehead atoms. The van der Waals surface area contributed by atoms with Crippen LogP contribution in [0.3, 0.4) is 0 Å². The van der Waals surface area contributed by atoms with Crippen LogP contribution in [0.15, 0.2) is 12.3 Å². The molecule has 0 radical (unpaired) electrons. The molecule has 1 saturated heterocycles. The fraction of sp³-hybridized carbons (Fsp3) is 0.600.